The molecule has 2 aliphatic heterocycles. The van der Waals surface area contributed by atoms with Crippen LogP contribution < -0.4 is 0 Å². The number of likely N-dealkylation sites (N-methyl/N-ethyl adjacent to an activating group) is 1. The summed E-state index contributed by atoms with van der Waals surface area (Å²) in [6.07, 6.45) is 0. The number of rotatable bonds is 3. The lowest BCUT2D eigenvalue weighted by atomic mass is 10.0. The van der Waals surface area contributed by atoms with Gasteiger partial charge in [-0.2, -0.15) is 0 Å². The van der Waals surface area contributed by atoms with Gasteiger partial charge < -0.3 is 10.2 Å². The maximum absolute atomic E-state index is 11.5. The van der Waals surface area contributed by atoms with Crippen molar-refractivity contribution in [3.05, 3.63) is 29.8 Å². The molecular weight excluding hydrogens is 320 g/mol. The van der Waals surface area contributed by atoms with Crippen LogP contribution in [0.2, 0.25) is 0 Å². The molecule has 2 N–H and O–H groups in total. The highest BCUT2D eigenvalue weighted by molar-refractivity contribution is 8.14. The first-order valence-corrected chi connectivity index (χ1v) is 9.04. The van der Waals surface area contributed by atoms with E-state index in [0.29, 0.717) is 5.75 Å². The zero-order valence-corrected chi connectivity index (χ0v) is 14.0. The second-order valence-corrected chi connectivity index (χ2v) is 7.83. The van der Waals surface area contributed by atoms with Crippen LogP contribution in [-0.2, 0) is 4.79 Å². The van der Waals surface area contributed by atoms with Gasteiger partial charge in [0.2, 0.25) is 0 Å². The van der Waals surface area contributed by atoms with Gasteiger partial charge in [-0.3, -0.25) is 14.7 Å². The molecule has 3 rings (SSSR count). The summed E-state index contributed by atoms with van der Waals surface area (Å²) in [6, 6.07) is 7.22. The molecule has 0 aromatic heterocycles. The third-order valence-electron chi connectivity index (χ3n) is 4.29. The number of carboxylic acids is 1. The normalized spacial score (nSPS) is 32.2. The molecule has 0 radical (unpaired) electrons. The van der Waals surface area contributed by atoms with E-state index in [9.17, 15) is 15.0 Å². The van der Waals surface area contributed by atoms with E-state index in [1.165, 1.54) is 0 Å². The van der Waals surface area contributed by atoms with Gasteiger partial charge in [-0.05, 0) is 26.1 Å². The Kier molecular flexibility index (Phi) is 4.13. The van der Waals surface area contributed by atoms with Crippen LogP contribution in [0.25, 0.3) is 0 Å². The fraction of sp³-hybridized carbons (Fsp3) is 0.467. The molecule has 3 atom stereocenters. The first kappa shape index (κ1) is 15.7. The topological polar surface area (TPSA) is 73.1 Å². The Morgan fingerprint density at radius 2 is 2.18 bits per heavy atom. The molecule has 1 aromatic carbocycles. The van der Waals surface area contributed by atoms with Crippen molar-refractivity contribution in [3.8, 4) is 5.75 Å². The van der Waals surface area contributed by atoms with Gasteiger partial charge in [0.15, 0.2) is 0 Å². The smallest absolute Gasteiger partial charge is 0.324 e. The molecule has 2 aliphatic rings. The molecule has 5 nitrogen and oxygen atoms in total. The second kappa shape index (κ2) is 5.79. The van der Waals surface area contributed by atoms with E-state index in [1.807, 2.05) is 24.1 Å². The largest absolute Gasteiger partial charge is 0.507 e. The molecule has 1 fully saturated rings. The van der Waals surface area contributed by atoms with Crippen molar-refractivity contribution < 1.29 is 15.0 Å². The van der Waals surface area contributed by atoms with Crippen LogP contribution in [0.5, 0.6) is 5.75 Å². The third kappa shape index (κ3) is 2.51. The van der Waals surface area contributed by atoms with Crippen LogP contribution in [-0.4, -0.2) is 61.6 Å². The first-order valence-electron chi connectivity index (χ1n) is 7.00. The summed E-state index contributed by atoms with van der Waals surface area (Å²) in [4.78, 5) is 18.2. The van der Waals surface area contributed by atoms with Crippen LogP contribution >= 0.6 is 23.5 Å². The number of benzene rings is 1. The molecule has 0 saturated carbocycles. The Morgan fingerprint density at radius 3 is 2.82 bits per heavy atom. The molecule has 1 aromatic rings. The van der Waals surface area contributed by atoms with Crippen LogP contribution in [0.15, 0.2) is 29.3 Å². The Labute approximate surface area is 137 Å². The molecular formula is C15H18N2O3S2. The SMILES string of the molecule is CN1[C@H]([C@@H]2CSC(c3ccccc3O)=N2)SC[C@]1(C)C(=O)O. The van der Waals surface area contributed by atoms with Crippen LogP contribution in [0.4, 0.5) is 0 Å². The predicted molar refractivity (Wildman–Crippen MR) is 90.9 cm³/mol. The zero-order valence-electron chi connectivity index (χ0n) is 12.4. The highest BCUT2D eigenvalue weighted by Crippen LogP contribution is 2.41. The Hall–Kier alpha value is -1.18. The molecule has 0 unspecified atom stereocenters. The first-order chi connectivity index (χ1) is 10.4. The fourth-order valence-electron chi connectivity index (χ4n) is 2.66. The van der Waals surface area contributed by atoms with E-state index in [-0.39, 0.29) is 17.2 Å². The molecule has 0 spiro atoms. The lowest BCUT2D eigenvalue weighted by Crippen LogP contribution is -2.52. The average molecular weight is 338 g/mol. The molecule has 0 bridgehead atoms. The van der Waals surface area contributed by atoms with Gasteiger partial charge in [0, 0.05) is 17.1 Å². The monoisotopic (exact) mass is 338 g/mol. The lowest BCUT2D eigenvalue weighted by molar-refractivity contribution is -0.147. The summed E-state index contributed by atoms with van der Waals surface area (Å²) >= 11 is 3.26. The summed E-state index contributed by atoms with van der Waals surface area (Å²) in [7, 11) is 1.86. The van der Waals surface area contributed by atoms with Crippen LogP contribution in [0.3, 0.4) is 0 Å². The van der Waals surface area contributed by atoms with Crippen molar-refractivity contribution >= 4 is 34.5 Å². The van der Waals surface area contributed by atoms with Gasteiger partial charge in [0.05, 0.1) is 11.4 Å². The predicted octanol–water partition coefficient (Wildman–Crippen LogP) is 2.10. The molecule has 1 saturated heterocycles. The van der Waals surface area contributed by atoms with E-state index >= 15 is 0 Å². The Bertz CT molecular complexity index is 637. The fourth-order valence-corrected chi connectivity index (χ4v) is 5.56. The lowest BCUT2D eigenvalue weighted by Gasteiger charge is -2.31. The third-order valence-corrected chi connectivity index (χ3v) is 7.10. The van der Waals surface area contributed by atoms with Crippen LogP contribution in [0, 0.1) is 0 Å². The Morgan fingerprint density at radius 1 is 1.45 bits per heavy atom. The molecule has 118 valence electrons. The van der Waals surface area contributed by atoms with Crippen molar-refractivity contribution in [1.29, 1.82) is 0 Å². The maximum Gasteiger partial charge on any atom is 0.324 e. The quantitative estimate of drug-likeness (QED) is 0.879. The number of nitrogens with zero attached hydrogens (tertiary/aromatic N) is 2. The number of thioether (sulfide) groups is 2. The van der Waals surface area contributed by atoms with E-state index < -0.39 is 11.5 Å². The summed E-state index contributed by atoms with van der Waals surface area (Å²) in [5.41, 5.74) is -0.0886. The zero-order chi connectivity index (χ0) is 15.9. The highest BCUT2D eigenvalue weighted by atomic mass is 32.2. The van der Waals surface area contributed by atoms with E-state index in [4.69, 9.17) is 4.99 Å². The van der Waals surface area contributed by atoms with Crippen molar-refractivity contribution in [2.75, 3.05) is 18.6 Å². The number of carbonyl (C=O) groups is 1. The maximum atomic E-state index is 11.5. The number of hydrogen-bond donors (Lipinski definition) is 2. The number of para-hydroxylation sites is 1. The Balaban J connectivity index is 1.81. The van der Waals surface area contributed by atoms with Gasteiger partial charge in [0.1, 0.15) is 16.3 Å². The number of aromatic hydroxyl groups is 1. The summed E-state index contributed by atoms with van der Waals surface area (Å²) in [5, 5.41) is 20.3. The van der Waals surface area contributed by atoms with Crippen molar-refractivity contribution in [3.63, 3.8) is 0 Å². The number of phenolic OH excluding ortho intramolecular Hbond substituents is 1. The molecule has 2 heterocycles. The van der Waals surface area contributed by atoms with Crippen molar-refractivity contribution in [1.82, 2.24) is 4.90 Å². The van der Waals surface area contributed by atoms with Gasteiger partial charge in [-0.1, -0.05) is 12.1 Å². The van der Waals surface area contributed by atoms with Crippen molar-refractivity contribution in [2.24, 2.45) is 4.99 Å². The van der Waals surface area contributed by atoms with Crippen molar-refractivity contribution in [2.45, 2.75) is 23.9 Å². The standard InChI is InChI=1S/C15H18N2O3S2/c1-15(14(19)20)8-22-13(17(15)2)10-7-21-12(16-10)9-5-3-4-6-11(9)18/h3-6,10,13,18H,7-8H2,1-2H3,(H,19,20)/t10-,13-,15+/m0/s1. The van der Waals surface area contributed by atoms with Gasteiger partial charge in [-0.15, -0.1) is 23.5 Å². The van der Waals surface area contributed by atoms with E-state index in [0.717, 1.165) is 16.4 Å². The second-order valence-electron chi connectivity index (χ2n) is 5.72. The number of phenols is 1. The van der Waals surface area contributed by atoms with Gasteiger partial charge in [0.25, 0.3) is 0 Å². The summed E-state index contributed by atoms with van der Waals surface area (Å²) in [6.45, 7) is 1.76. The minimum atomic E-state index is -0.840. The molecule has 0 aliphatic carbocycles. The average Bonchev–Trinajstić information content (AvgIpc) is 3.07. The number of carboxylic acid groups (broad SMARTS) is 1. The number of hydrogen-bond acceptors (Lipinski definition) is 6. The number of aliphatic carboxylic acids is 1. The minimum absolute atomic E-state index is 0.0378. The molecule has 7 heteroatoms. The molecule has 22 heavy (non-hydrogen) atoms. The number of aliphatic imine (C=N–C) groups is 1. The van der Waals surface area contributed by atoms with Crippen LogP contribution in [0.1, 0.15) is 12.5 Å². The van der Waals surface area contributed by atoms with E-state index in [1.54, 1.807) is 42.6 Å². The van der Waals surface area contributed by atoms with Gasteiger partial charge in [-0.25, -0.2) is 0 Å². The minimum Gasteiger partial charge on any atom is -0.507 e. The van der Waals surface area contributed by atoms with E-state index in [2.05, 4.69) is 0 Å². The highest BCUT2D eigenvalue weighted by Gasteiger charge is 2.50. The summed E-state index contributed by atoms with van der Waals surface area (Å²) in [5.74, 6) is 0.811. The van der Waals surface area contributed by atoms with Gasteiger partial charge >= 0.3 is 5.97 Å². The summed E-state index contributed by atoms with van der Waals surface area (Å²) < 4.78 is 0. The molecule has 0 amide bonds.